The molecule has 1 amide bonds. The van der Waals surface area contributed by atoms with Crippen molar-refractivity contribution in [1.29, 1.82) is 0 Å². The lowest BCUT2D eigenvalue weighted by molar-refractivity contribution is -0.147. The first kappa shape index (κ1) is 16.8. The fourth-order valence-corrected chi connectivity index (χ4v) is 1.91. The minimum absolute atomic E-state index is 0.250. The molecule has 0 saturated heterocycles. The molecule has 116 valence electrons. The maximum absolute atomic E-state index is 11.8. The average molecular weight is 295 g/mol. The number of hydrogen-bond acceptors (Lipinski definition) is 4. The molecule has 1 atom stereocenters. The molecule has 6 heteroatoms. The second kappa shape index (κ2) is 7.52. The van der Waals surface area contributed by atoms with Crippen LogP contribution >= 0.6 is 0 Å². The van der Waals surface area contributed by atoms with Crippen LogP contribution in [-0.4, -0.2) is 36.2 Å². The Morgan fingerprint density at radius 1 is 1.33 bits per heavy atom. The Labute approximate surface area is 124 Å². The second-order valence-electron chi connectivity index (χ2n) is 4.90. The van der Waals surface area contributed by atoms with E-state index in [1.54, 1.807) is 24.3 Å². The van der Waals surface area contributed by atoms with Crippen molar-refractivity contribution in [3.05, 3.63) is 24.3 Å². The van der Waals surface area contributed by atoms with Gasteiger partial charge >= 0.3 is 5.97 Å². The number of ether oxygens (including phenoxy) is 2. The van der Waals surface area contributed by atoms with Gasteiger partial charge in [-0.1, -0.05) is 19.4 Å². The normalized spacial score (nSPS) is 13.1. The molecular weight excluding hydrogens is 274 g/mol. The minimum Gasteiger partial charge on any atom is -0.497 e. The molecule has 1 aromatic carbocycles. The molecule has 6 nitrogen and oxygen atoms in total. The topological polar surface area (TPSA) is 84.9 Å². The standard InChI is InChI=1S/C15H21NO5/c1-4-8-15(2,14(18)19)16-13(17)10-21-12-7-5-6-11(9-12)20-3/h5-7,9H,4,8,10H2,1-3H3,(H,16,17)(H,18,19). The summed E-state index contributed by atoms with van der Waals surface area (Å²) in [7, 11) is 1.54. The number of carbonyl (C=O) groups excluding carboxylic acids is 1. The van der Waals surface area contributed by atoms with Gasteiger partial charge < -0.3 is 19.9 Å². The van der Waals surface area contributed by atoms with E-state index in [0.717, 1.165) is 0 Å². The van der Waals surface area contributed by atoms with Gasteiger partial charge in [-0.25, -0.2) is 4.79 Å². The van der Waals surface area contributed by atoms with Gasteiger partial charge in [0.1, 0.15) is 17.0 Å². The van der Waals surface area contributed by atoms with Crippen LogP contribution in [0.25, 0.3) is 0 Å². The largest absolute Gasteiger partial charge is 0.497 e. The van der Waals surface area contributed by atoms with Crippen molar-refractivity contribution in [2.75, 3.05) is 13.7 Å². The fourth-order valence-electron chi connectivity index (χ4n) is 1.91. The number of aliphatic carboxylic acids is 1. The van der Waals surface area contributed by atoms with Gasteiger partial charge in [0.2, 0.25) is 0 Å². The lowest BCUT2D eigenvalue weighted by Crippen LogP contribution is -2.53. The summed E-state index contributed by atoms with van der Waals surface area (Å²) in [6.45, 7) is 3.10. The van der Waals surface area contributed by atoms with Crippen LogP contribution in [0.15, 0.2) is 24.3 Å². The molecule has 1 rings (SSSR count). The average Bonchev–Trinajstić information content (AvgIpc) is 2.45. The van der Waals surface area contributed by atoms with E-state index in [4.69, 9.17) is 9.47 Å². The summed E-state index contributed by atoms with van der Waals surface area (Å²) in [5.74, 6) is -0.429. The highest BCUT2D eigenvalue weighted by atomic mass is 16.5. The third kappa shape index (κ3) is 4.98. The predicted octanol–water partition coefficient (Wildman–Crippen LogP) is 1.83. The zero-order valence-electron chi connectivity index (χ0n) is 12.5. The van der Waals surface area contributed by atoms with E-state index in [-0.39, 0.29) is 6.61 Å². The maximum atomic E-state index is 11.8. The lowest BCUT2D eigenvalue weighted by Gasteiger charge is -2.25. The van der Waals surface area contributed by atoms with Gasteiger partial charge in [0.05, 0.1) is 7.11 Å². The first-order valence-corrected chi connectivity index (χ1v) is 6.72. The Balaban J connectivity index is 2.58. The van der Waals surface area contributed by atoms with E-state index in [0.29, 0.717) is 24.3 Å². The predicted molar refractivity (Wildman–Crippen MR) is 77.6 cm³/mol. The molecule has 0 aliphatic heterocycles. The van der Waals surface area contributed by atoms with Crippen LogP contribution in [0.3, 0.4) is 0 Å². The number of benzene rings is 1. The van der Waals surface area contributed by atoms with Crippen molar-refractivity contribution >= 4 is 11.9 Å². The Bertz CT molecular complexity index is 503. The molecule has 1 unspecified atom stereocenters. The zero-order valence-corrected chi connectivity index (χ0v) is 12.5. The Kier molecular flexibility index (Phi) is 6.02. The first-order chi connectivity index (χ1) is 9.91. The quantitative estimate of drug-likeness (QED) is 0.764. The summed E-state index contributed by atoms with van der Waals surface area (Å²) in [4.78, 5) is 23.1. The van der Waals surface area contributed by atoms with Gasteiger partial charge in [-0.05, 0) is 25.5 Å². The molecule has 0 aromatic heterocycles. The van der Waals surface area contributed by atoms with Crippen molar-refractivity contribution < 1.29 is 24.2 Å². The number of carbonyl (C=O) groups is 2. The molecular formula is C15H21NO5. The van der Waals surface area contributed by atoms with Gasteiger partial charge in [0.25, 0.3) is 5.91 Å². The molecule has 21 heavy (non-hydrogen) atoms. The summed E-state index contributed by atoms with van der Waals surface area (Å²) in [5.41, 5.74) is -1.27. The molecule has 1 aromatic rings. The fraction of sp³-hybridized carbons (Fsp3) is 0.467. The monoisotopic (exact) mass is 295 g/mol. The van der Waals surface area contributed by atoms with E-state index in [2.05, 4.69) is 5.32 Å². The number of amides is 1. The number of hydrogen-bond donors (Lipinski definition) is 2. The molecule has 2 N–H and O–H groups in total. The number of carboxylic acid groups (broad SMARTS) is 1. The minimum atomic E-state index is -1.27. The van der Waals surface area contributed by atoms with E-state index >= 15 is 0 Å². The third-order valence-electron chi connectivity index (χ3n) is 3.05. The van der Waals surface area contributed by atoms with Crippen LogP contribution in [0.2, 0.25) is 0 Å². The second-order valence-corrected chi connectivity index (χ2v) is 4.90. The van der Waals surface area contributed by atoms with Gasteiger partial charge in [-0.15, -0.1) is 0 Å². The number of methoxy groups -OCH3 is 1. The Morgan fingerprint density at radius 3 is 2.57 bits per heavy atom. The molecule has 0 radical (unpaired) electrons. The summed E-state index contributed by atoms with van der Waals surface area (Å²) in [5, 5.41) is 11.7. The van der Waals surface area contributed by atoms with Crippen LogP contribution in [0.5, 0.6) is 11.5 Å². The van der Waals surface area contributed by atoms with Crippen LogP contribution in [0, 0.1) is 0 Å². The van der Waals surface area contributed by atoms with Crippen molar-refractivity contribution in [2.45, 2.75) is 32.2 Å². The van der Waals surface area contributed by atoms with E-state index in [9.17, 15) is 14.7 Å². The van der Waals surface area contributed by atoms with Crippen molar-refractivity contribution in [2.24, 2.45) is 0 Å². The van der Waals surface area contributed by atoms with Gasteiger partial charge in [0, 0.05) is 6.07 Å². The van der Waals surface area contributed by atoms with Crippen LogP contribution in [-0.2, 0) is 9.59 Å². The highest BCUT2D eigenvalue weighted by Gasteiger charge is 2.33. The zero-order chi connectivity index (χ0) is 15.9. The van der Waals surface area contributed by atoms with Crippen LogP contribution in [0.4, 0.5) is 0 Å². The van der Waals surface area contributed by atoms with E-state index < -0.39 is 17.4 Å². The SMILES string of the molecule is CCCC(C)(NC(=O)COc1cccc(OC)c1)C(=O)O. The summed E-state index contributed by atoms with van der Waals surface area (Å²) in [6.07, 6.45) is 1.01. The molecule has 0 bridgehead atoms. The molecule has 0 fully saturated rings. The molecule has 0 heterocycles. The Hall–Kier alpha value is -2.24. The van der Waals surface area contributed by atoms with Gasteiger partial charge in [-0.2, -0.15) is 0 Å². The van der Waals surface area contributed by atoms with Crippen molar-refractivity contribution in [3.8, 4) is 11.5 Å². The van der Waals surface area contributed by atoms with Gasteiger partial charge in [-0.3, -0.25) is 4.79 Å². The maximum Gasteiger partial charge on any atom is 0.329 e. The summed E-state index contributed by atoms with van der Waals surface area (Å²) < 4.78 is 10.4. The smallest absolute Gasteiger partial charge is 0.329 e. The summed E-state index contributed by atoms with van der Waals surface area (Å²) >= 11 is 0. The Morgan fingerprint density at radius 2 is 2.00 bits per heavy atom. The summed E-state index contributed by atoms with van der Waals surface area (Å²) in [6, 6.07) is 6.84. The number of rotatable bonds is 8. The molecule has 0 spiro atoms. The van der Waals surface area contributed by atoms with Crippen LogP contribution < -0.4 is 14.8 Å². The number of carboxylic acids is 1. The lowest BCUT2D eigenvalue weighted by atomic mass is 9.96. The van der Waals surface area contributed by atoms with Gasteiger partial charge in [0.15, 0.2) is 6.61 Å². The van der Waals surface area contributed by atoms with Crippen molar-refractivity contribution in [1.82, 2.24) is 5.32 Å². The van der Waals surface area contributed by atoms with E-state index in [1.807, 2.05) is 6.92 Å². The van der Waals surface area contributed by atoms with Crippen LogP contribution in [0.1, 0.15) is 26.7 Å². The van der Waals surface area contributed by atoms with Crippen molar-refractivity contribution in [3.63, 3.8) is 0 Å². The molecule has 0 aliphatic rings. The highest BCUT2D eigenvalue weighted by Crippen LogP contribution is 2.19. The third-order valence-corrected chi connectivity index (χ3v) is 3.05. The van der Waals surface area contributed by atoms with E-state index in [1.165, 1.54) is 14.0 Å². The molecule has 0 aliphatic carbocycles. The number of nitrogens with one attached hydrogen (secondary N) is 1. The molecule has 0 saturated carbocycles. The first-order valence-electron chi connectivity index (χ1n) is 6.72. The highest BCUT2D eigenvalue weighted by molar-refractivity contribution is 5.87.